The molecule has 0 saturated heterocycles. The van der Waals surface area contributed by atoms with Gasteiger partial charge in [-0.1, -0.05) is 11.3 Å². The molecular formula is C14H16N6OS2. The van der Waals surface area contributed by atoms with Crippen LogP contribution >= 0.6 is 22.7 Å². The molecule has 0 fully saturated rings. The maximum absolute atomic E-state index is 5.31. The first-order chi connectivity index (χ1) is 11.2. The fraction of sp³-hybridized carbons (Fsp3) is 0.286. The summed E-state index contributed by atoms with van der Waals surface area (Å²) >= 11 is 3.00. The Bertz CT molecular complexity index is 812. The zero-order valence-corrected chi connectivity index (χ0v) is 14.6. The van der Waals surface area contributed by atoms with Gasteiger partial charge in [0.2, 0.25) is 5.13 Å². The van der Waals surface area contributed by atoms with E-state index in [-0.39, 0.29) is 0 Å². The summed E-state index contributed by atoms with van der Waals surface area (Å²) in [7, 11) is 5.72. The summed E-state index contributed by atoms with van der Waals surface area (Å²) in [5.41, 5.74) is 3.72. The Morgan fingerprint density at radius 3 is 3.00 bits per heavy atom. The third kappa shape index (κ3) is 3.31. The standard InChI is InChI=1S/C14H16N6OS2/c1-20(2)9-4-5-15-13-11(9)12(10(23-13)6-21-3)16-7-17-14-19-18-8-22-14/h4-5,7-8H,6H2,1-3H3,(H,16,17,19). The van der Waals surface area contributed by atoms with Gasteiger partial charge in [-0.3, -0.25) is 0 Å². The van der Waals surface area contributed by atoms with Gasteiger partial charge in [-0.05, 0) is 6.07 Å². The average Bonchev–Trinajstić information content (AvgIpc) is 3.16. The number of nitrogens with one attached hydrogen (secondary N) is 1. The molecule has 23 heavy (non-hydrogen) atoms. The van der Waals surface area contributed by atoms with E-state index in [4.69, 9.17) is 4.74 Å². The Morgan fingerprint density at radius 1 is 1.43 bits per heavy atom. The van der Waals surface area contributed by atoms with Crippen molar-refractivity contribution < 1.29 is 4.74 Å². The van der Waals surface area contributed by atoms with Gasteiger partial charge in [-0.2, -0.15) is 0 Å². The lowest BCUT2D eigenvalue weighted by Crippen LogP contribution is -2.09. The predicted octanol–water partition coefficient (Wildman–Crippen LogP) is 3.13. The first-order valence-corrected chi connectivity index (χ1v) is 8.52. The Morgan fingerprint density at radius 2 is 2.30 bits per heavy atom. The molecular weight excluding hydrogens is 332 g/mol. The van der Waals surface area contributed by atoms with Gasteiger partial charge in [-0.15, -0.1) is 21.5 Å². The van der Waals surface area contributed by atoms with E-state index in [1.807, 2.05) is 26.4 Å². The number of fused-ring (bicyclic) bond motifs is 1. The van der Waals surface area contributed by atoms with Gasteiger partial charge in [0.25, 0.3) is 0 Å². The quantitative estimate of drug-likeness (QED) is 0.545. The maximum Gasteiger partial charge on any atom is 0.232 e. The highest BCUT2D eigenvalue weighted by Crippen LogP contribution is 2.40. The molecule has 0 aromatic carbocycles. The molecule has 120 valence electrons. The normalized spacial score (nSPS) is 11.4. The van der Waals surface area contributed by atoms with Gasteiger partial charge in [0, 0.05) is 27.4 Å². The SMILES string of the molecule is COCc1sc2nccc(N(C)C)c2c1N/C=N/c1nncs1. The van der Waals surface area contributed by atoms with Crippen molar-refractivity contribution in [3.63, 3.8) is 0 Å². The second-order valence-electron chi connectivity index (χ2n) is 4.86. The average molecular weight is 348 g/mol. The van der Waals surface area contributed by atoms with Crippen LogP contribution in [0.15, 0.2) is 22.8 Å². The minimum atomic E-state index is 0.517. The first kappa shape index (κ1) is 15.8. The van der Waals surface area contributed by atoms with E-state index in [9.17, 15) is 0 Å². The number of anilines is 2. The number of methoxy groups -OCH3 is 1. The number of ether oxygens (including phenoxy) is 1. The van der Waals surface area contributed by atoms with Crippen LogP contribution in [0.3, 0.4) is 0 Å². The molecule has 3 rings (SSSR count). The fourth-order valence-electron chi connectivity index (χ4n) is 2.19. The summed E-state index contributed by atoms with van der Waals surface area (Å²) in [4.78, 5) is 12.9. The van der Waals surface area contributed by atoms with Crippen molar-refractivity contribution in [3.05, 3.63) is 22.7 Å². The Balaban J connectivity index is 2.02. The molecule has 0 amide bonds. The van der Waals surface area contributed by atoms with Crippen LogP contribution in [0.1, 0.15) is 4.88 Å². The molecule has 0 aliphatic heterocycles. The van der Waals surface area contributed by atoms with Crippen LogP contribution in [-0.2, 0) is 11.3 Å². The molecule has 3 aromatic rings. The summed E-state index contributed by atoms with van der Waals surface area (Å²) in [6.07, 6.45) is 3.46. The van der Waals surface area contributed by atoms with E-state index in [0.717, 1.165) is 26.5 Å². The Labute approximate surface area is 141 Å². The molecule has 9 heteroatoms. The van der Waals surface area contributed by atoms with Crippen LogP contribution in [0.2, 0.25) is 0 Å². The highest BCUT2D eigenvalue weighted by Gasteiger charge is 2.16. The third-order valence-corrected chi connectivity index (χ3v) is 4.80. The lowest BCUT2D eigenvalue weighted by atomic mass is 10.2. The summed E-state index contributed by atoms with van der Waals surface area (Å²) in [6.45, 7) is 0.517. The lowest BCUT2D eigenvalue weighted by Gasteiger charge is -2.14. The number of aliphatic imine (C=N–C) groups is 1. The summed E-state index contributed by atoms with van der Waals surface area (Å²) in [5.74, 6) is 0. The molecule has 0 aliphatic carbocycles. The van der Waals surface area contributed by atoms with Crippen molar-refractivity contribution in [2.45, 2.75) is 6.61 Å². The van der Waals surface area contributed by atoms with Gasteiger partial charge in [0.1, 0.15) is 10.3 Å². The number of hydrogen-bond donors (Lipinski definition) is 1. The molecule has 3 aromatic heterocycles. The smallest absolute Gasteiger partial charge is 0.232 e. The van der Waals surface area contributed by atoms with Gasteiger partial charge in [-0.25, -0.2) is 9.98 Å². The molecule has 0 saturated carbocycles. The second-order valence-corrected chi connectivity index (χ2v) is 6.76. The van der Waals surface area contributed by atoms with E-state index in [2.05, 4.69) is 30.4 Å². The lowest BCUT2D eigenvalue weighted by molar-refractivity contribution is 0.188. The number of thiophene rings is 1. The molecule has 0 bridgehead atoms. The molecule has 0 radical (unpaired) electrons. The zero-order valence-electron chi connectivity index (χ0n) is 13.0. The highest BCUT2D eigenvalue weighted by molar-refractivity contribution is 7.19. The molecule has 7 nitrogen and oxygen atoms in total. The van der Waals surface area contributed by atoms with Gasteiger partial charge in [0.05, 0.1) is 34.6 Å². The monoisotopic (exact) mass is 348 g/mol. The minimum Gasteiger partial charge on any atom is -0.379 e. The number of hydrogen-bond acceptors (Lipinski definition) is 8. The van der Waals surface area contributed by atoms with Gasteiger partial charge >= 0.3 is 0 Å². The molecule has 0 aliphatic rings. The fourth-order valence-corrected chi connectivity index (χ4v) is 3.68. The molecule has 3 heterocycles. The summed E-state index contributed by atoms with van der Waals surface area (Å²) < 4.78 is 5.31. The summed E-state index contributed by atoms with van der Waals surface area (Å²) in [5, 5.41) is 12.6. The van der Waals surface area contributed by atoms with E-state index in [0.29, 0.717) is 11.7 Å². The van der Waals surface area contributed by atoms with Gasteiger partial charge in [0.15, 0.2) is 0 Å². The van der Waals surface area contributed by atoms with Crippen molar-refractivity contribution in [2.75, 3.05) is 31.4 Å². The van der Waals surface area contributed by atoms with Crippen molar-refractivity contribution >= 4 is 55.7 Å². The van der Waals surface area contributed by atoms with E-state index < -0.39 is 0 Å². The van der Waals surface area contributed by atoms with Crippen LogP contribution in [-0.4, -0.2) is 42.7 Å². The van der Waals surface area contributed by atoms with Crippen LogP contribution in [0.4, 0.5) is 16.5 Å². The third-order valence-electron chi connectivity index (χ3n) is 3.13. The first-order valence-electron chi connectivity index (χ1n) is 6.82. The molecule has 0 unspecified atom stereocenters. The van der Waals surface area contributed by atoms with E-state index >= 15 is 0 Å². The van der Waals surface area contributed by atoms with Crippen LogP contribution < -0.4 is 10.2 Å². The number of nitrogens with zero attached hydrogens (tertiary/aromatic N) is 5. The largest absolute Gasteiger partial charge is 0.379 e. The minimum absolute atomic E-state index is 0.517. The Kier molecular flexibility index (Phi) is 4.79. The van der Waals surface area contributed by atoms with Crippen LogP contribution in [0.25, 0.3) is 10.2 Å². The van der Waals surface area contributed by atoms with Crippen molar-refractivity contribution in [3.8, 4) is 0 Å². The highest BCUT2D eigenvalue weighted by atomic mass is 32.1. The van der Waals surface area contributed by atoms with Crippen LogP contribution in [0, 0.1) is 0 Å². The number of rotatable bonds is 6. The number of pyridine rings is 1. The van der Waals surface area contributed by atoms with Crippen molar-refractivity contribution in [1.82, 2.24) is 15.2 Å². The topological polar surface area (TPSA) is 75.5 Å². The van der Waals surface area contributed by atoms with Crippen molar-refractivity contribution in [1.29, 1.82) is 0 Å². The van der Waals surface area contributed by atoms with Crippen LogP contribution in [0.5, 0.6) is 0 Å². The number of aromatic nitrogens is 3. The zero-order chi connectivity index (χ0) is 16.2. The van der Waals surface area contributed by atoms with Gasteiger partial charge < -0.3 is 15.0 Å². The molecule has 1 N–H and O–H groups in total. The molecule has 0 spiro atoms. The predicted molar refractivity (Wildman–Crippen MR) is 96.3 cm³/mol. The van der Waals surface area contributed by atoms with Crippen molar-refractivity contribution in [2.24, 2.45) is 4.99 Å². The summed E-state index contributed by atoms with van der Waals surface area (Å²) in [6, 6.07) is 2.00. The molecule has 0 atom stereocenters. The second kappa shape index (κ2) is 6.99. The van der Waals surface area contributed by atoms with E-state index in [1.54, 1.807) is 30.3 Å². The Hall–Kier alpha value is -2.10. The van der Waals surface area contributed by atoms with E-state index in [1.165, 1.54) is 11.3 Å². The maximum atomic E-state index is 5.31.